The molecule has 92 valence electrons. The number of carboxylic acid groups (broad SMARTS) is 1. The number of rotatable bonds is 3. The lowest BCUT2D eigenvalue weighted by molar-refractivity contribution is 0.0688. The molecule has 6 heteroatoms. The van der Waals surface area contributed by atoms with Crippen LogP contribution in [0.5, 0.6) is 0 Å². The number of carboxylic acids is 1. The number of aromatic carboxylic acids is 1. The lowest BCUT2D eigenvalue weighted by Gasteiger charge is -2.04. The second-order valence-electron chi connectivity index (χ2n) is 3.56. The largest absolute Gasteiger partial charge is 0.476 e. The molecule has 0 saturated carbocycles. The Labute approximate surface area is 111 Å². The molecule has 1 N–H and O–H groups in total. The maximum absolute atomic E-state index is 13.4. The van der Waals surface area contributed by atoms with E-state index in [2.05, 4.69) is 25.9 Å². The lowest BCUT2D eigenvalue weighted by Crippen LogP contribution is -2.07. The van der Waals surface area contributed by atoms with Crippen molar-refractivity contribution in [2.75, 3.05) is 0 Å². The lowest BCUT2D eigenvalue weighted by atomic mass is 10.1. The fourth-order valence-electron chi connectivity index (χ4n) is 1.45. The molecule has 0 saturated heterocycles. The Morgan fingerprint density at radius 2 is 2.11 bits per heavy atom. The van der Waals surface area contributed by atoms with E-state index >= 15 is 0 Å². The maximum atomic E-state index is 13.4. The minimum absolute atomic E-state index is 0.128. The van der Waals surface area contributed by atoms with Crippen molar-refractivity contribution in [2.24, 2.45) is 0 Å². The van der Waals surface area contributed by atoms with Gasteiger partial charge in [-0.05, 0) is 27.6 Å². The van der Waals surface area contributed by atoms with Crippen LogP contribution in [-0.2, 0) is 6.42 Å². The Morgan fingerprint density at radius 3 is 2.78 bits per heavy atom. The molecule has 2 rings (SSSR count). The minimum atomic E-state index is -1.15. The predicted molar refractivity (Wildman–Crippen MR) is 65.9 cm³/mol. The molecule has 0 bridgehead atoms. The average Bonchev–Trinajstić information content (AvgIpc) is 2.34. The molecule has 0 amide bonds. The third kappa shape index (κ3) is 2.70. The van der Waals surface area contributed by atoms with Gasteiger partial charge in [-0.1, -0.05) is 18.2 Å². The van der Waals surface area contributed by atoms with Crippen LogP contribution in [0.25, 0.3) is 0 Å². The topological polar surface area (TPSA) is 63.1 Å². The third-order valence-electron chi connectivity index (χ3n) is 2.30. The summed E-state index contributed by atoms with van der Waals surface area (Å²) in [5.41, 5.74) is 0.299. The summed E-state index contributed by atoms with van der Waals surface area (Å²) in [5, 5.41) is 8.92. The van der Waals surface area contributed by atoms with Crippen LogP contribution in [0.4, 0.5) is 4.39 Å². The number of hydrogen-bond acceptors (Lipinski definition) is 3. The van der Waals surface area contributed by atoms with E-state index < -0.39 is 5.97 Å². The zero-order chi connectivity index (χ0) is 13.1. The summed E-state index contributed by atoms with van der Waals surface area (Å²) in [7, 11) is 0. The minimum Gasteiger partial charge on any atom is -0.476 e. The fourth-order valence-corrected chi connectivity index (χ4v) is 1.81. The van der Waals surface area contributed by atoms with Gasteiger partial charge < -0.3 is 5.11 Å². The molecule has 0 aliphatic rings. The number of nitrogens with zero attached hydrogens (tertiary/aromatic N) is 2. The van der Waals surface area contributed by atoms with Crippen LogP contribution in [-0.4, -0.2) is 21.0 Å². The van der Waals surface area contributed by atoms with Gasteiger partial charge in [0.1, 0.15) is 11.6 Å². The monoisotopic (exact) mass is 310 g/mol. The van der Waals surface area contributed by atoms with Crippen molar-refractivity contribution in [2.45, 2.75) is 6.42 Å². The van der Waals surface area contributed by atoms with Crippen molar-refractivity contribution in [1.82, 2.24) is 9.97 Å². The molecule has 18 heavy (non-hydrogen) atoms. The van der Waals surface area contributed by atoms with E-state index in [1.165, 1.54) is 12.3 Å². The zero-order valence-electron chi connectivity index (χ0n) is 9.10. The Bertz CT molecular complexity index is 604. The summed E-state index contributed by atoms with van der Waals surface area (Å²) in [4.78, 5) is 18.8. The highest BCUT2D eigenvalue weighted by Gasteiger charge is 2.13. The van der Waals surface area contributed by atoms with Gasteiger partial charge in [0, 0.05) is 12.6 Å². The summed E-state index contributed by atoms with van der Waals surface area (Å²) in [5.74, 6) is -1.25. The Morgan fingerprint density at radius 1 is 1.39 bits per heavy atom. The van der Waals surface area contributed by atoms with E-state index in [0.717, 1.165) is 0 Å². The van der Waals surface area contributed by atoms with Gasteiger partial charge in [-0.25, -0.2) is 19.2 Å². The molecule has 4 nitrogen and oxygen atoms in total. The van der Waals surface area contributed by atoms with Gasteiger partial charge in [0.05, 0.1) is 4.47 Å². The van der Waals surface area contributed by atoms with Crippen LogP contribution >= 0.6 is 15.9 Å². The van der Waals surface area contributed by atoms with Gasteiger partial charge >= 0.3 is 5.97 Å². The molecule has 1 aromatic carbocycles. The molecule has 0 radical (unpaired) electrons. The first kappa shape index (κ1) is 12.6. The first-order chi connectivity index (χ1) is 8.58. The first-order valence-corrected chi connectivity index (χ1v) is 5.85. The van der Waals surface area contributed by atoms with Crippen molar-refractivity contribution in [3.05, 3.63) is 57.8 Å². The Kier molecular flexibility index (Phi) is 3.66. The maximum Gasteiger partial charge on any atom is 0.355 e. The first-order valence-electron chi connectivity index (χ1n) is 5.06. The molecule has 0 aliphatic heterocycles. The van der Waals surface area contributed by atoms with Gasteiger partial charge in [0.25, 0.3) is 0 Å². The van der Waals surface area contributed by atoms with Crippen molar-refractivity contribution >= 4 is 21.9 Å². The van der Waals surface area contributed by atoms with Crippen molar-refractivity contribution in [1.29, 1.82) is 0 Å². The molecule has 1 heterocycles. The fraction of sp³-hybridized carbons (Fsp3) is 0.0833. The van der Waals surface area contributed by atoms with E-state index in [-0.39, 0.29) is 23.8 Å². The van der Waals surface area contributed by atoms with Gasteiger partial charge in [0.15, 0.2) is 5.69 Å². The van der Waals surface area contributed by atoms with Crippen molar-refractivity contribution < 1.29 is 14.3 Å². The number of carbonyl (C=O) groups is 1. The molecular weight excluding hydrogens is 303 g/mol. The molecule has 0 spiro atoms. The molecule has 0 aliphatic carbocycles. The Hall–Kier alpha value is -1.82. The molecule has 0 fully saturated rings. The zero-order valence-corrected chi connectivity index (χ0v) is 10.7. The summed E-state index contributed by atoms with van der Waals surface area (Å²) >= 11 is 3.05. The molecule has 1 aromatic heterocycles. The van der Waals surface area contributed by atoms with E-state index in [0.29, 0.717) is 10.0 Å². The van der Waals surface area contributed by atoms with Crippen LogP contribution < -0.4 is 0 Å². The highest BCUT2D eigenvalue weighted by Crippen LogP contribution is 2.15. The van der Waals surface area contributed by atoms with Crippen molar-refractivity contribution in [3.8, 4) is 0 Å². The van der Waals surface area contributed by atoms with Crippen LogP contribution in [0.2, 0.25) is 0 Å². The summed E-state index contributed by atoms with van der Waals surface area (Å²) < 4.78 is 13.7. The van der Waals surface area contributed by atoms with Crippen LogP contribution in [0, 0.1) is 5.82 Å². The third-order valence-corrected chi connectivity index (χ3v) is 2.88. The van der Waals surface area contributed by atoms with Crippen LogP contribution in [0.3, 0.4) is 0 Å². The quantitative estimate of drug-likeness (QED) is 0.946. The summed E-state index contributed by atoms with van der Waals surface area (Å²) in [6.45, 7) is 0. The van der Waals surface area contributed by atoms with E-state index in [1.807, 2.05) is 0 Å². The van der Waals surface area contributed by atoms with E-state index in [4.69, 9.17) is 5.11 Å². The van der Waals surface area contributed by atoms with Gasteiger partial charge in [0.2, 0.25) is 0 Å². The standard InChI is InChI=1S/C12H8BrFN2O2/c13-8-6-15-10(16-11(8)12(17)18)5-7-3-1-2-4-9(7)14/h1-4,6H,5H2,(H,17,18). The summed E-state index contributed by atoms with van der Waals surface area (Å²) in [6.07, 6.45) is 1.51. The number of hydrogen-bond donors (Lipinski definition) is 1. The number of halogens is 2. The van der Waals surface area contributed by atoms with Crippen molar-refractivity contribution in [3.63, 3.8) is 0 Å². The molecule has 0 unspecified atom stereocenters. The highest BCUT2D eigenvalue weighted by atomic mass is 79.9. The number of benzene rings is 1. The normalized spacial score (nSPS) is 10.3. The summed E-state index contributed by atoms with van der Waals surface area (Å²) in [6, 6.07) is 6.24. The Balaban J connectivity index is 2.33. The molecule has 0 atom stereocenters. The second-order valence-corrected chi connectivity index (χ2v) is 4.41. The smallest absolute Gasteiger partial charge is 0.355 e. The average molecular weight is 311 g/mol. The van der Waals surface area contributed by atoms with Crippen LogP contribution in [0.15, 0.2) is 34.9 Å². The highest BCUT2D eigenvalue weighted by molar-refractivity contribution is 9.10. The van der Waals surface area contributed by atoms with E-state index in [9.17, 15) is 9.18 Å². The molecule has 2 aromatic rings. The SMILES string of the molecule is O=C(O)c1nc(Cc2ccccc2F)ncc1Br. The van der Waals surface area contributed by atoms with Gasteiger partial charge in [-0.2, -0.15) is 0 Å². The van der Waals surface area contributed by atoms with Crippen LogP contribution in [0.1, 0.15) is 21.9 Å². The second kappa shape index (κ2) is 5.22. The molecular formula is C12H8BrFN2O2. The number of aromatic nitrogens is 2. The van der Waals surface area contributed by atoms with E-state index in [1.54, 1.807) is 18.2 Å². The van der Waals surface area contributed by atoms with Gasteiger partial charge in [-0.15, -0.1) is 0 Å². The van der Waals surface area contributed by atoms with Gasteiger partial charge in [-0.3, -0.25) is 0 Å². The predicted octanol–water partition coefficient (Wildman–Crippen LogP) is 2.67.